The Bertz CT molecular complexity index is 425. The van der Waals surface area contributed by atoms with Gasteiger partial charge in [-0.1, -0.05) is 6.08 Å². The summed E-state index contributed by atoms with van der Waals surface area (Å²) in [5.74, 6) is -1.74. The van der Waals surface area contributed by atoms with Crippen LogP contribution in [0.25, 0.3) is 0 Å². The molecular weight excluding hydrogens is 235 g/mol. The van der Waals surface area contributed by atoms with Crippen molar-refractivity contribution in [2.45, 2.75) is 12.1 Å². The molecular formula is C7H6ClFO4S. The molecule has 0 heterocycles. The third-order valence-corrected chi connectivity index (χ3v) is 3.06. The number of aliphatic carboxylic acids is 1. The van der Waals surface area contributed by atoms with Crippen molar-refractivity contribution in [2.75, 3.05) is 0 Å². The first kappa shape index (κ1) is 11.2. The van der Waals surface area contributed by atoms with Crippen molar-refractivity contribution in [3.63, 3.8) is 0 Å². The van der Waals surface area contributed by atoms with E-state index >= 15 is 0 Å². The number of halogens is 2. The van der Waals surface area contributed by atoms with E-state index in [9.17, 15) is 17.6 Å². The zero-order valence-electron chi connectivity index (χ0n) is 6.78. The van der Waals surface area contributed by atoms with Crippen molar-refractivity contribution < 1.29 is 22.7 Å². The maximum Gasteiger partial charge on any atom is 0.345 e. The van der Waals surface area contributed by atoms with Gasteiger partial charge in [0.05, 0.1) is 4.91 Å². The zero-order valence-corrected chi connectivity index (χ0v) is 8.35. The standard InChI is InChI=1S/C7H6ClFO4S/c8-14(12,13)5-2-1-3-7(9,4-5)6(10)11/h1-2,4H,3H2,(H,10,11). The molecule has 4 nitrogen and oxygen atoms in total. The molecule has 0 saturated carbocycles. The first-order chi connectivity index (χ1) is 6.26. The van der Waals surface area contributed by atoms with Crippen LogP contribution in [0.15, 0.2) is 23.1 Å². The SMILES string of the molecule is O=C(O)C1(F)C=C(S(=O)(=O)Cl)C=CC1. The highest BCUT2D eigenvalue weighted by Gasteiger charge is 2.38. The van der Waals surface area contributed by atoms with E-state index in [2.05, 4.69) is 0 Å². The summed E-state index contributed by atoms with van der Waals surface area (Å²) < 4.78 is 35.0. The molecule has 0 bridgehead atoms. The van der Waals surface area contributed by atoms with Crippen LogP contribution in [0.4, 0.5) is 4.39 Å². The van der Waals surface area contributed by atoms with Gasteiger partial charge in [-0.2, -0.15) is 0 Å². The molecule has 0 aromatic rings. The Morgan fingerprint density at radius 1 is 1.64 bits per heavy atom. The summed E-state index contributed by atoms with van der Waals surface area (Å²) in [4.78, 5) is 9.93. The van der Waals surface area contributed by atoms with Crippen molar-refractivity contribution in [3.05, 3.63) is 23.1 Å². The summed E-state index contributed by atoms with van der Waals surface area (Å²) in [5, 5.41) is 8.49. The van der Waals surface area contributed by atoms with Crippen molar-refractivity contribution in [1.82, 2.24) is 0 Å². The predicted octanol–water partition coefficient (Wildman–Crippen LogP) is 1.19. The van der Waals surface area contributed by atoms with Gasteiger partial charge in [-0.15, -0.1) is 0 Å². The third-order valence-electron chi connectivity index (χ3n) is 1.71. The molecule has 0 saturated heterocycles. The third kappa shape index (κ3) is 2.13. The summed E-state index contributed by atoms with van der Waals surface area (Å²) in [6, 6.07) is 0. The Balaban J connectivity index is 3.19. The molecule has 0 spiro atoms. The van der Waals surface area contributed by atoms with Gasteiger partial charge in [0.15, 0.2) is 0 Å². The molecule has 78 valence electrons. The van der Waals surface area contributed by atoms with E-state index in [0.717, 1.165) is 12.2 Å². The minimum Gasteiger partial charge on any atom is -0.479 e. The van der Waals surface area contributed by atoms with Gasteiger partial charge in [0.1, 0.15) is 0 Å². The molecule has 1 aliphatic rings. The van der Waals surface area contributed by atoms with E-state index < -0.39 is 32.0 Å². The Morgan fingerprint density at radius 3 is 2.64 bits per heavy atom. The van der Waals surface area contributed by atoms with Crippen LogP contribution in [0.5, 0.6) is 0 Å². The highest BCUT2D eigenvalue weighted by Crippen LogP contribution is 2.29. The van der Waals surface area contributed by atoms with Crippen molar-refractivity contribution in [3.8, 4) is 0 Å². The molecule has 0 aromatic carbocycles. The van der Waals surface area contributed by atoms with Gasteiger partial charge in [-0.25, -0.2) is 17.6 Å². The van der Waals surface area contributed by atoms with Crippen LogP contribution in [0.3, 0.4) is 0 Å². The number of carboxylic acids is 1. The van der Waals surface area contributed by atoms with Gasteiger partial charge in [0.2, 0.25) is 5.67 Å². The molecule has 0 amide bonds. The highest BCUT2D eigenvalue weighted by atomic mass is 35.7. The largest absolute Gasteiger partial charge is 0.479 e. The normalized spacial score (nSPS) is 27.1. The van der Waals surface area contributed by atoms with Gasteiger partial charge in [0.25, 0.3) is 9.05 Å². The quantitative estimate of drug-likeness (QED) is 0.736. The second-order valence-corrected chi connectivity index (χ2v) is 5.32. The fraction of sp³-hybridized carbons (Fsp3) is 0.286. The summed E-state index contributed by atoms with van der Waals surface area (Å²) in [7, 11) is 0.850. The number of alkyl halides is 1. The molecule has 1 unspecified atom stereocenters. The lowest BCUT2D eigenvalue weighted by Gasteiger charge is -2.18. The Morgan fingerprint density at radius 2 is 2.21 bits per heavy atom. The summed E-state index contributed by atoms with van der Waals surface area (Å²) in [5.41, 5.74) is -2.69. The maximum atomic E-state index is 13.4. The highest BCUT2D eigenvalue weighted by molar-refractivity contribution is 8.17. The van der Waals surface area contributed by atoms with Crippen molar-refractivity contribution in [2.24, 2.45) is 0 Å². The lowest BCUT2D eigenvalue weighted by atomic mass is 9.98. The minimum absolute atomic E-state index is 0.405. The summed E-state index contributed by atoms with van der Waals surface area (Å²) in [6.45, 7) is 0. The minimum atomic E-state index is -4.09. The van der Waals surface area contributed by atoms with Crippen LogP contribution in [0.1, 0.15) is 6.42 Å². The first-order valence-corrected chi connectivity index (χ1v) is 5.83. The van der Waals surface area contributed by atoms with E-state index in [1.54, 1.807) is 0 Å². The van der Waals surface area contributed by atoms with Gasteiger partial charge >= 0.3 is 5.97 Å². The number of carbonyl (C=O) groups is 1. The zero-order chi connectivity index (χ0) is 11.0. The first-order valence-electron chi connectivity index (χ1n) is 3.52. The van der Waals surface area contributed by atoms with E-state index in [0.29, 0.717) is 6.08 Å². The molecule has 1 atom stereocenters. The van der Waals surface area contributed by atoms with E-state index in [-0.39, 0.29) is 0 Å². The lowest BCUT2D eigenvalue weighted by molar-refractivity contribution is -0.147. The maximum absolute atomic E-state index is 13.4. The molecule has 0 radical (unpaired) electrons. The van der Waals surface area contributed by atoms with E-state index in [1.807, 2.05) is 0 Å². The van der Waals surface area contributed by atoms with Crippen LogP contribution >= 0.6 is 10.7 Å². The molecule has 7 heteroatoms. The molecule has 0 fully saturated rings. The van der Waals surface area contributed by atoms with E-state index in [4.69, 9.17) is 15.8 Å². The monoisotopic (exact) mass is 240 g/mol. The second kappa shape index (κ2) is 3.36. The van der Waals surface area contributed by atoms with Crippen LogP contribution in [0, 0.1) is 0 Å². The molecule has 14 heavy (non-hydrogen) atoms. The second-order valence-electron chi connectivity index (χ2n) is 2.76. The molecule has 1 aliphatic carbocycles. The molecule has 1 rings (SSSR count). The number of rotatable bonds is 2. The lowest BCUT2D eigenvalue weighted by Crippen LogP contribution is -2.32. The average Bonchev–Trinajstić information content (AvgIpc) is 2.02. The van der Waals surface area contributed by atoms with Gasteiger partial charge in [0, 0.05) is 17.1 Å². The topological polar surface area (TPSA) is 71.4 Å². The van der Waals surface area contributed by atoms with Crippen LogP contribution in [-0.2, 0) is 13.8 Å². The molecule has 1 N–H and O–H groups in total. The fourth-order valence-corrected chi connectivity index (χ4v) is 1.85. The van der Waals surface area contributed by atoms with Gasteiger partial charge in [-0.3, -0.25) is 0 Å². The average molecular weight is 241 g/mol. The number of allylic oxidation sites excluding steroid dienone is 2. The Kier molecular flexibility index (Phi) is 2.69. The van der Waals surface area contributed by atoms with E-state index in [1.165, 1.54) is 0 Å². The predicted molar refractivity (Wildman–Crippen MR) is 48.1 cm³/mol. The smallest absolute Gasteiger partial charge is 0.345 e. The number of hydrogen-bond acceptors (Lipinski definition) is 3. The fourth-order valence-electron chi connectivity index (χ4n) is 0.980. The van der Waals surface area contributed by atoms with Gasteiger partial charge in [-0.05, 0) is 12.2 Å². The van der Waals surface area contributed by atoms with Gasteiger partial charge < -0.3 is 5.11 Å². The Labute approximate surface area is 84.1 Å². The van der Waals surface area contributed by atoms with Crippen molar-refractivity contribution in [1.29, 1.82) is 0 Å². The number of hydrogen-bond donors (Lipinski definition) is 1. The molecule has 0 aliphatic heterocycles. The molecule has 0 aromatic heterocycles. The van der Waals surface area contributed by atoms with Crippen LogP contribution in [0.2, 0.25) is 0 Å². The summed E-state index contributed by atoms with van der Waals surface area (Å²) in [6.07, 6.45) is 2.28. The van der Waals surface area contributed by atoms with Crippen LogP contribution in [-0.4, -0.2) is 25.2 Å². The summed E-state index contributed by atoms with van der Waals surface area (Å²) >= 11 is 0. The number of carboxylic acid groups (broad SMARTS) is 1. The van der Waals surface area contributed by atoms with Crippen LogP contribution < -0.4 is 0 Å². The Hall–Kier alpha value is -0.880. The van der Waals surface area contributed by atoms with Crippen molar-refractivity contribution >= 4 is 25.7 Å².